The van der Waals surface area contributed by atoms with E-state index in [1.165, 1.54) is 0 Å². The third kappa shape index (κ3) is 4.97. The van der Waals surface area contributed by atoms with E-state index in [4.69, 9.17) is 0 Å². The molecule has 1 saturated heterocycles. The molecule has 0 aliphatic carbocycles. The minimum Gasteiger partial charge on any atom is -0.341 e. The predicted octanol–water partition coefficient (Wildman–Crippen LogP) is 1.85. The van der Waals surface area contributed by atoms with Crippen LogP contribution in [0.1, 0.15) is 24.8 Å². The fourth-order valence-electron chi connectivity index (χ4n) is 2.11. The summed E-state index contributed by atoms with van der Waals surface area (Å²) in [6.07, 6.45) is 4.54. The third-order valence-electron chi connectivity index (χ3n) is 3.21. The van der Waals surface area contributed by atoms with Crippen molar-refractivity contribution in [1.82, 2.24) is 15.2 Å². The number of hydrogen-bond acceptors (Lipinski definition) is 3. The number of carbonyl (C=O) groups is 1. The smallest absolute Gasteiger partial charge is 0.229 e. The second-order valence-electron chi connectivity index (χ2n) is 4.44. The molecule has 0 saturated carbocycles. The molecule has 1 aliphatic heterocycles. The Kier molecular flexibility index (Phi) is 8.72. The first-order valence-electron chi connectivity index (χ1n) is 6.18. The van der Waals surface area contributed by atoms with Gasteiger partial charge < -0.3 is 10.2 Å². The molecule has 6 heteroatoms. The van der Waals surface area contributed by atoms with Gasteiger partial charge >= 0.3 is 0 Å². The molecule has 2 rings (SSSR count). The van der Waals surface area contributed by atoms with Crippen LogP contribution >= 0.6 is 24.8 Å². The Bertz CT molecular complexity index is 367. The van der Waals surface area contributed by atoms with Crippen LogP contribution in [0.15, 0.2) is 24.5 Å². The van der Waals surface area contributed by atoms with E-state index in [9.17, 15) is 4.79 Å². The van der Waals surface area contributed by atoms with Crippen LogP contribution in [-0.4, -0.2) is 42.0 Å². The quantitative estimate of drug-likeness (QED) is 0.907. The average molecular weight is 306 g/mol. The summed E-state index contributed by atoms with van der Waals surface area (Å²) < 4.78 is 0. The van der Waals surface area contributed by atoms with E-state index in [1.54, 1.807) is 12.4 Å². The minimum absolute atomic E-state index is 0. The van der Waals surface area contributed by atoms with E-state index in [1.807, 2.05) is 24.0 Å². The molecule has 1 fully saturated rings. The van der Waals surface area contributed by atoms with Crippen molar-refractivity contribution in [3.05, 3.63) is 30.1 Å². The summed E-state index contributed by atoms with van der Waals surface area (Å²) >= 11 is 0. The van der Waals surface area contributed by atoms with Gasteiger partial charge in [-0.05, 0) is 31.5 Å². The molecule has 1 aliphatic rings. The highest BCUT2D eigenvalue weighted by molar-refractivity contribution is 5.85. The van der Waals surface area contributed by atoms with Crippen molar-refractivity contribution in [3.63, 3.8) is 0 Å². The van der Waals surface area contributed by atoms with Crippen LogP contribution in [0.4, 0.5) is 0 Å². The lowest BCUT2D eigenvalue weighted by molar-refractivity contribution is -0.132. The monoisotopic (exact) mass is 305 g/mol. The first-order chi connectivity index (χ1) is 8.29. The van der Waals surface area contributed by atoms with Gasteiger partial charge in [-0.15, -0.1) is 24.8 Å². The molecule has 108 valence electrons. The van der Waals surface area contributed by atoms with Gasteiger partial charge in [0.25, 0.3) is 0 Å². The molecule has 1 unspecified atom stereocenters. The molecule has 1 amide bonds. The Hall–Kier alpha value is -0.840. The number of halogens is 2. The summed E-state index contributed by atoms with van der Waals surface area (Å²) in [6.45, 7) is 5.52. The summed E-state index contributed by atoms with van der Waals surface area (Å²) in [7, 11) is 0. The highest BCUT2D eigenvalue weighted by Crippen LogP contribution is 2.17. The molecule has 1 aromatic heterocycles. The van der Waals surface area contributed by atoms with Crippen LogP contribution in [-0.2, 0) is 4.79 Å². The Labute approximate surface area is 126 Å². The number of nitrogens with one attached hydrogen (secondary N) is 1. The summed E-state index contributed by atoms with van der Waals surface area (Å²) in [5, 5.41) is 3.30. The number of aromatic nitrogens is 1. The maximum Gasteiger partial charge on any atom is 0.229 e. The standard InChI is InChI=1S/C13H19N3O.2ClH/c1-11(12-4-2-5-15-10-12)13(17)16-8-3-6-14-7-9-16;;/h2,4-5,10-11,14H,3,6-9H2,1H3;2*1H. The lowest BCUT2D eigenvalue weighted by Crippen LogP contribution is -2.36. The lowest BCUT2D eigenvalue weighted by atomic mass is 10.0. The number of nitrogens with zero attached hydrogens (tertiary/aromatic N) is 2. The van der Waals surface area contributed by atoms with Gasteiger partial charge in [0.1, 0.15) is 0 Å². The molecule has 2 heterocycles. The van der Waals surface area contributed by atoms with Gasteiger partial charge in [0, 0.05) is 32.0 Å². The van der Waals surface area contributed by atoms with Crippen LogP contribution in [0, 0.1) is 0 Å². The van der Waals surface area contributed by atoms with Crippen LogP contribution < -0.4 is 5.32 Å². The first kappa shape index (κ1) is 18.2. The molecule has 0 aromatic carbocycles. The van der Waals surface area contributed by atoms with Gasteiger partial charge in [-0.2, -0.15) is 0 Å². The zero-order valence-electron chi connectivity index (χ0n) is 11.0. The van der Waals surface area contributed by atoms with Gasteiger partial charge in [-0.3, -0.25) is 9.78 Å². The van der Waals surface area contributed by atoms with Crippen molar-refractivity contribution in [2.24, 2.45) is 0 Å². The van der Waals surface area contributed by atoms with Crippen molar-refractivity contribution in [2.45, 2.75) is 19.3 Å². The third-order valence-corrected chi connectivity index (χ3v) is 3.21. The van der Waals surface area contributed by atoms with E-state index < -0.39 is 0 Å². The topological polar surface area (TPSA) is 45.2 Å². The highest BCUT2D eigenvalue weighted by Gasteiger charge is 2.22. The second kappa shape index (κ2) is 9.13. The number of hydrogen-bond donors (Lipinski definition) is 1. The largest absolute Gasteiger partial charge is 0.341 e. The molecular formula is C13H21Cl2N3O. The van der Waals surface area contributed by atoms with Crippen LogP contribution in [0.25, 0.3) is 0 Å². The lowest BCUT2D eigenvalue weighted by Gasteiger charge is -2.23. The number of pyridine rings is 1. The summed E-state index contributed by atoms with van der Waals surface area (Å²) in [5.74, 6) is 0.114. The van der Waals surface area contributed by atoms with Gasteiger partial charge in [-0.1, -0.05) is 6.07 Å². The zero-order valence-corrected chi connectivity index (χ0v) is 12.7. The maximum absolute atomic E-state index is 12.3. The first-order valence-corrected chi connectivity index (χ1v) is 6.18. The maximum atomic E-state index is 12.3. The second-order valence-corrected chi connectivity index (χ2v) is 4.44. The summed E-state index contributed by atoms with van der Waals surface area (Å²) in [6, 6.07) is 3.84. The van der Waals surface area contributed by atoms with E-state index in [0.29, 0.717) is 0 Å². The van der Waals surface area contributed by atoms with Crippen LogP contribution in [0.2, 0.25) is 0 Å². The van der Waals surface area contributed by atoms with Crippen LogP contribution in [0.3, 0.4) is 0 Å². The Morgan fingerprint density at radius 1 is 1.37 bits per heavy atom. The van der Waals surface area contributed by atoms with Gasteiger partial charge in [0.05, 0.1) is 5.92 Å². The predicted molar refractivity (Wildman–Crippen MR) is 81.2 cm³/mol. The molecule has 1 aromatic rings. The fourth-order valence-corrected chi connectivity index (χ4v) is 2.11. The summed E-state index contributed by atoms with van der Waals surface area (Å²) in [4.78, 5) is 18.3. The van der Waals surface area contributed by atoms with Gasteiger partial charge in [0.15, 0.2) is 0 Å². The Morgan fingerprint density at radius 3 is 2.84 bits per heavy atom. The molecule has 1 N–H and O–H groups in total. The molecule has 0 bridgehead atoms. The molecule has 1 atom stereocenters. The normalized spacial score (nSPS) is 16.6. The number of carbonyl (C=O) groups excluding carboxylic acids is 1. The molecular weight excluding hydrogens is 285 g/mol. The van der Waals surface area contributed by atoms with Crippen molar-refractivity contribution in [3.8, 4) is 0 Å². The van der Waals surface area contributed by atoms with Crippen molar-refractivity contribution in [1.29, 1.82) is 0 Å². The SMILES string of the molecule is CC(C(=O)N1CCCNCC1)c1cccnc1.Cl.Cl. The Balaban J connectivity index is 0.00000162. The summed E-state index contributed by atoms with van der Waals surface area (Å²) in [5.41, 5.74) is 0.995. The molecule has 0 radical (unpaired) electrons. The highest BCUT2D eigenvalue weighted by atomic mass is 35.5. The van der Waals surface area contributed by atoms with Crippen LogP contribution in [0.5, 0.6) is 0 Å². The zero-order chi connectivity index (χ0) is 12.1. The van der Waals surface area contributed by atoms with E-state index >= 15 is 0 Å². The van der Waals surface area contributed by atoms with E-state index in [2.05, 4.69) is 10.3 Å². The van der Waals surface area contributed by atoms with Crippen molar-refractivity contribution in [2.75, 3.05) is 26.2 Å². The number of rotatable bonds is 2. The molecule has 19 heavy (non-hydrogen) atoms. The van der Waals surface area contributed by atoms with Gasteiger partial charge in [-0.25, -0.2) is 0 Å². The van der Waals surface area contributed by atoms with Gasteiger partial charge in [0.2, 0.25) is 5.91 Å². The Morgan fingerprint density at radius 2 is 2.16 bits per heavy atom. The minimum atomic E-state index is -0.0956. The molecule has 4 nitrogen and oxygen atoms in total. The van der Waals surface area contributed by atoms with E-state index in [0.717, 1.165) is 38.2 Å². The molecule has 0 spiro atoms. The van der Waals surface area contributed by atoms with Crippen molar-refractivity contribution >= 4 is 30.7 Å². The van der Waals surface area contributed by atoms with E-state index in [-0.39, 0.29) is 36.6 Å². The van der Waals surface area contributed by atoms with Crippen molar-refractivity contribution < 1.29 is 4.79 Å². The number of amides is 1. The average Bonchev–Trinajstić information content (AvgIpc) is 2.67. The fraction of sp³-hybridized carbons (Fsp3) is 0.538.